The van der Waals surface area contributed by atoms with Crippen LogP contribution in [0.25, 0.3) is 71.3 Å². The molecule has 45 heavy (non-hydrogen) atoms. The second-order valence-electron chi connectivity index (χ2n) is 11.3. The first-order valence-electron chi connectivity index (χ1n) is 15.7. The van der Waals surface area contributed by atoms with Crippen molar-refractivity contribution in [2.75, 3.05) is 13.2 Å². The Kier molecular flexibility index (Phi) is 6.72. The summed E-state index contributed by atoms with van der Waals surface area (Å²) < 4.78 is 14.4. The molecule has 0 bridgehead atoms. The van der Waals surface area contributed by atoms with Crippen molar-refractivity contribution in [1.29, 1.82) is 0 Å². The third-order valence-electron chi connectivity index (χ3n) is 8.77. The summed E-state index contributed by atoms with van der Waals surface area (Å²) in [5, 5.41) is 7.11. The molecule has 0 fully saturated rings. The second kappa shape index (κ2) is 11.2. The van der Waals surface area contributed by atoms with E-state index in [1.54, 1.807) is 0 Å². The Morgan fingerprint density at radius 2 is 0.867 bits per heavy atom. The molecule has 1 aromatic heterocycles. The smallest absolute Gasteiger partial charge is 0.127 e. The lowest BCUT2D eigenvalue weighted by Crippen LogP contribution is -1.95. The number of hydrogen-bond donors (Lipinski definition) is 0. The Bertz CT molecular complexity index is 2200. The van der Waals surface area contributed by atoms with Crippen LogP contribution in [0, 0.1) is 0 Å². The van der Waals surface area contributed by atoms with Gasteiger partial charge < -0.3 is 14.0 Å². The molecule has 0 aliphatic heterocycles. The Morgan fingerprint density at radius 3 is 1.33 bits per heavy atom. The van der Waals surface area contributed by atoms with Crippen molar-refractivity contribution < 1.29 is 9.47 Å². The lowest BCUT2D eigenvalue weighted by Gasteiger charge is -2.13. The van der Waals surface area contributed by atoms with Crippen molar-refractivity contribution in [3.05, 3.63) is 140 Å². The lowest BCUT2D eigenvalue weighted by molar-refractivity contribution is 0.344. The molecule has 0 aliphatic rings. The highest BCUT2D eigenvalue weighted by atomic mass is 16.5. The largest absolute Gasteiger partial charge is 0.493 e. The van der Waals surface area contributed by atoms with E-state index in [-0.39, 0.29) is 0 Å². The molecule has 218 valence electrons. The summed E-state index contributed by atoms with van der Waals surface area (Å²) in [5.74, 6) is 1.84. The van der Waals surface area contributed by atoms with Gasteiger partial charge in [-0.15, -0.1) is 0 Å². The average molecular weight is 584 g/mol. The van der Waals surface area contributed by atoms with Gasteiger partial charge in [-0.25, -0.2) is 0 Å². The van der Waals surface area contributed by atoms with E-state index in [0.717, 1.165) is 28.0 Å². The second-order valence-corrected chi connectivity index (χ2v) is 11.3. The first-order chi connectivity index (χ1) is 22.2. The van der Waals surface area contributed by atoms with Crippen LogP contribution in [0.3, 0.4) is 0 Å². The van der Waals surface area contributed by atoms with E-state index in [1.807, 2.05) is 13.8 Å². The molecule has 0 atom stereocenters. The number of nitrogens with zero attached hydrogens (tertiary/aromatic N) is 1. The maximum atomic E-state index is 5.98. The minimum Gasteiger partial charge on any atom is -0.493 e. The topological polar surface area (TPSA) is 23.4 Å². The molecule has 3 heteroatoms. The molecule has 8 aromatic rings. The lowest BCUT2D eigenvalue weighted by atomic mass is 9.96. The number of benzene rings is 7. The number of para-hydroxylation sites is 1. The van der Waals surface area contributed by atoms with Gasteiger partial charge >= 0.3 is 0 Å². The van der Waals surface area contributed by atoms with Gasteiger partial charge in [0.15, 0.2) is 0 Å². The third-order valence-corrected chi connectivity index (χ3v) is 8.77. The molecule has 0 saturated heterocycles. The van der Waals surface area contributed by atoms with Crippen LogP contribution >= 0.6 is 0 Å². The molecule has 8 rings (SSSR count). The molecule has 0 spiro atoms. The minimum absolute atomic E-state index is 0.640. The molecule has 0 unspecified atom stereocenters. The summed E-state index contributed by atoms with van der Waals surface area (Å²) in [5.41, 5.74) is 8.25. The van der Waals surface area contributed by atoms with Crippen molar-refractivity contribution in [2.24, 2.45) is 0 Å². The van der Waals surface area contributed by atoms with Crippen molar-refractivity contribution in [2.45, 2.75) is 13.8 Å². The van der Waals surface area contributed by atoms with Gasteiger partial charge in [-0.2, -0.15) is 0 Å². The highest BCUT2D eigenvalue weighted by Gasteiger charge is 2.17. The van der Waals surface area contributed by atoms with Crippen molar-refractivity contribution in [1.82, 2.24) is 4.57 Å². The zero-order chi connectivity index (χ0) is 30.3. The Balaban J connectivity index is 1.37. The Labute approximate surface area is 262 Å². The number of rotatable bonds is 7. The maximum absolute atomic E-state index is 5.98. The van der Waals surface area contributed by atoms with E-state index < -0.39 is 0 Å². The molecule has 3 nitrogen and oxygen atoms in total. The summed E-state index contributed by atoms with van der Waals surface area (Å²) in [6.07, 6.45) is 0. The van der Waals surface area contributed by atoms with Gasteiger partial charge in [0.1, 0.15) is 11.5 Å². The third kappa shape index (κ3) is 4.51. The summed E-state index contributed by atoms with van der Waals surface area (Å²) in [4.78, 5) is 0. The fourth-order valence-electron chi connectivity index (χ4n) is 6.82. The van der Waals surface area contributed by atoms with Crippen LogP contribution in [0.15, 0.2) is 140 Å². The van der Waals surface area contributed by atoms with Crippen LogP contribution in [-0.2, 0) is 0 Å². The normalized spacial score (nSPS) is 11.5. The van der Waals surface area contributed by atoms with Gasteiger partial charge in [-0.05, 0) is 83.3 Å². The Hall–Kier alpha value is -5.54. The van der Waals surface area contributed by atoms with Crippen molar-refractivity contribution in [3.8, 4) is 39.4 Å². The molecule has 1 heterocycles. The van der Waals surface area contributed by atoms with Gasteiger partial charge in [-0.1, -0.05) is 103 Å². The predicted molar refractivity (Wildman–Crippen MR) is 189 cm³/mol. The van der Waals surface area contributed by atoms with Crippen LogP contribution in [0.4, 0.5) is 0 Å². The van der Waals surface area contributed by atoms with Gasteiger partial charge in [-0.3, -0.25) is 0 Å². The molecular formula is C42H33NO2. The molecule has 0 amide bonds. The maximum Gasteiger partial charge on any atom is 0.127 e. The monoisotopic (exact) mass is 583 g/mol. The summed E-state index contributed by atoms with van der Waals surface area (Å²) in [7, 11) is 0. The van der Waals surface area contributed by atoms with Crippen LogP contribution in [-0.4, -0.2) is 17.8 Å². The van der Waals surface area contributed by atoms with E-state index in [2.05, 4.69) is 144 Å². The molecular weight excluding hydrogens is 550 g/mol. The number of aromatic nitrogens is 1. The SMILES string of the molecule is CCOc1ccc(-c2ccc3c4ccc(-c5ccc(OCC)c6ccccc56)cc4n(-c4ccccc4)c3c2)c2ccccc12. The van der Waals surface area contributed by atoms with Gasteiger partial charge in [0.25, 0.3) is 0 Å². The minimum atomic E-state index is 0.640. The molecule has 0 N–H and O–H groups in total. The van der Waals surface area contributed by atoms with E-state index in [4.69, 9.17) is 9.47 Å². The number of hydrogen-bond acceptors (Lipinski definition) is 2. The molecule has 7 aromatic carbocycles. The van der Waals surface area contributed by atoms with E-state index in [1.165, 1.54) is 54.8 Å². The quantitative estimate of drug-likeness (QED) is 0.186. The zero-order valence-electron chi connectivity index (χ0n) is 25.5. The molecule has 0 radical (unpaired) electrons. The van der Waals surface area contributed by atoms with Crippen molar-refractivity contribution in [3.63, 3.8) is 0 Å². The average Bonchev–Trinajstić information content (AvgIpc) is 3.42. The van der Waals surface area contributed by atoms with Gasteiger partial charge in [0, 0.05) is 27.2 Å². The fourth-order valence-corrected chi connectivity index (χ4v) is 6.82. The van der Waals surface area contributed by atoms with Crippen LogP contribution in [0.5, 0.6) is 11.5 Å². The van der Waals surface area contributed by atoms with Crippen molar-refractivity contribution >= 4 is 43.4 Å². The van der Waals surface area contributed by atoms with Crippen LogP contribution in [0.1, 0.15) is 13.8 Å². The summed E-state index contributed by atoms with van der Waals surface area (Å²) >= 11 is 0. The highest BCUT2D eigenvalue weighted by molar-refractivity contribution is 6.13. The fraction of sp³-hybridized carbons (Fsp3) is 0.0952. The van der Waals surface area contributed by atoms with E-state index in [9.17, 15) is 0 Å². The first-order valence-corrected chi connectivity index (χ1v) is 15.7. The predicted octanol–water partition coefficient (Wildman–Crippen LogP) is 11.2. The summed E-state index contributed by atoms with van der Waals surface area (Å²) in [6, 6.07) is 50.1. The van der Waals surface area contributed by atoms with Gasteiger partial charge in [0.05, 0.1) is 24.2 Å². The van der Waals surface area contributed by atoms with Crippen LogP contribution < -0.4 is 9.47 Å². The van der Waals surface area contributed by atoms with Crippen LogP contribution in [0.2, 0.25) is 0 Å². The number of ether oxygens (including phenoxy) is 2. The molecule has 0 aliphatic carbocycles. The Morgan fingerprint density at radius 1 is 0.422 bits per heavy atom. The zero-order valence-corrected chi connectivity index (χ0v) is 25.5. The summed E-state index contributed by atoms with van der Waals surface area (Å²) in [6.45, 7) is 5.34. The first kappa shape index (κ1) is 27.0. The van der Waals surface area contributed by atoms with E-state index >= 15 is 0 Å². The van der Waals surface area contributed by atoms with Gasteiger partial charge in [0.2, 0.25) is 0 Å². The number of fused-ring (bicyclic) bond motifs is 5. The van der Waals surface area contributed by atoms with E-state index in [0.29, 0.717) is 13.2 Å². The standard InChI is InChI=1S/C42H33NO2/c1-3-44-41-24-22-31(33-14-8-10-16-37(33)41)28-18-20-35-36-21-19-29(27-40(36)43(39(35)26-28)30-12-6-5-7-13-30)32-23-25-42(45-4-2)38-17-11-9-15-34(32)38/h5-27H,3-4H2,1-2H3. The molecule has 0 saturated carbocycles. The highest BCUT2D eigenvalue weighted by Crippen LogP contribution is 2.41.